The van der Waals surface area contributed by atoms with Gasteiger partial charge in [-0.05, 0) is 24.6 Å². The summed E-state index contributed by atoms with van der Waals surface area (Å²) in [4.78, 5) is 11.1. The lowest BCUT2D eigenvalue weighted by atomic mass is 9.99. The van der Waals surface area contributed by atoms with Gasteiger partial charge < -0.3 is 10.8 Å². The summed E-state index contributed by atoms with van der Waals surface area (Å²) in [6.07, 6.45) is 2.88. The smallest absolute Gasteiger partial charge is 0.249 e. The molecule has 1 amide bonds. The Balaban J connectivity index is 0.00000121. The van der Waals surface area contributed by atoms with E-state index >= 15 is 0 Å². The van der Waals surface area contributed by atoms with Crippen LogP contribution in [0.15, 0.2) is 36.9 Å². The van der Waals surface area contributed by atoms with E-state index in [0.29, 0.717) is 11.1 Å². The Morgan fingerprint density at radius 2 is 2.00 bits per heavy atom. The minimum absolute atomic E-state index is 0.00287. The number of benzene rings is 1. The van der Waals surface area contributed by atoms with Gasteiger partial charge in [-0.15, -0.1) is 0 Å². The monoisotopic (exact) mass is 233 g/mol. The van der Waals surface area contributed by atoms with Gasteiger partial charge in [0.25, 0.3) is 0 Å². The second kappa shape index (κ2) is 7.28. The van der Waals surface area contributed by atoms with Gasteiger partial charge in [0.1, 0.15) is 5.76 Å². The minimum Gasteiger partial charge on any atom is -0.507 e. The molecule has 0 fully saturated rings. The Kier molecular flexibility index (Phi) is 6.41. The summed E-state index contributed by atoms with van der Waals surface area (Å²) in [5, 5.41) is 9.71. The van der Waals surface area contributed by atoms with Gasteiger partial charge in [0.05, 0.1) is 5.56 Å². The topological polar surface area (TPSA) is 63.3 Å². The van der Waals surface area contributed by atoms with E-state index in [2.05, 4.69) is 6.58 Å². The van der Waals surface area contributed by atoms with Gasteiger partial charge in [0.2, 0.25) is 5.91 Å². The lowest BCUT2D eigenvalue weighted by Crippen LogP contribution is -2.14. The molecule has 3 N–H and O–H groups in total. The Morgan fingerprint density at radius 3 is 2.47 bits per heavy atom. The summed E-state index contributed by atoms with van der Waals surface area (Å²) >= 11 is 0. The summed E-state index contributed by atoms with van der Waals surface area (Å²) in [6, 6.07) is 5.10. The zero-order chi connectivity index (χ0) is 13.4. The van der Waals surface area contributed by atoms with Crippen molar-refractivity contribution in [2.24, 2.45) is 5.73 Å². The number of primary amides is 1. The second-order valence-electron chi connectivity index (χ2n) is 3.15. The van der Waals surface area contributed by atoms with Gasteiger partial charge in [0, 0.05) is 5.56 Å². The highest BCUT2D eigenvalue weighted by molar-refractivity contribution is 5.98. The van der Waals surface area contributed by atoms with E-state index in [1.807, 2.05) is 13.8 Å². The van der Waals surface area contributed by atoms with E-state index in [1.165, 1.54) is 12.2 Å². The van der Waals surface area contributed by atoms with Crippen molar-refractivity contribution in [2.75, 3.05) is 0 Å². The molecule has 1 aromatic carbocycles. The molecule has 0 atom stereocenters. The SMILES string of the molecule is C=C/C=C(/O)c1c(C)cccc1C(N)=O.CC. The number of hydrogen-bond donors (Lipinski definition) is 2. The second-order valence-corrected chi connectivity index (χ2v) is 3.15. The van der Waals surface area contributed by atoms with Crippen LogP contribution in [0.3, 0.4) is 0 Å². The number of carbonyl (C=O) groups is 1. The maximum absolute atomic E-state index is 11.1. The zero-order valence-electron chi connectivity index (χ0n) is 10.5. The lowest BCUT2D eigenvalue weighted by Gasteiger charge is -2.08. The molecule has 17 heavy (non-hydrogen) atoms. The molecule has 1 aromatic rings. The van der Waals surface area contributed by atoms with Crippen molar-refractivity contribution >= 4 is 11.7 Å². The van der Waals surface area contributed by atoms with Crippen LogP contribution in [0.2, 0.25) is 0 Å². The van der Waals surface area contributed by atoms with Crippen molar-refractivity contribution < 1.29 is 9.90 Å². The molecular weight excluding hydrogens is 214 g/mol. The molecule has 0 radical (unpaired) electrons. The third-order valence-corrected chi connectivity index (χ3v) is 2.07. The Hall–Kier alpha value is -2.03. The third-order valence-electron chi connectivity index (χ3n) is 2.07. The zero-order valence-corrected chi connectivity index (χ0v) is 10.5. The Labute approximate surface area is 102 Å². The molecule has 1 rings (SSSR count). The normalized spacial score (nSPS) is 10.2. The summed E-state index contributed by atoms with van der Waals surface area (Å²) < 4.78 is 0. The summed E-state index contributed by atoms with van der Waals surface area (Å²) in [7, 11) is 0. The fraction of sp³-hybridized carbons (Fsp3) is 0.214. The van der Waals surface area contributed by atoms with E-state index in [9.17, 15) is 9.90 Å². The van der Waals surface area contributed by atoms with E-state index in [0.717, 1.165) is 5.56 Å². The molecule has 3 heteroatoms. The number of allylic oxidation sites excluding steroid dienone is 2. The van der Waals surface area contributed by atoms with Crippen molar-refractivity contribution in [1.29, 1.82) is 0 Å². The average Bonchev–Trinajstić information content (AvgIpc) is 2.31. The standard InChI is InChI=1S/C12H13NO2.C2H6/c1-3-5-10(14)11-8(2)6-4-7-9(11)12(13)15;1-2/h3-7,14H,1H2,2H3,(H2,13,15);1-2H3/b10-5+;. The molecule has 0 spiro atoms. The van der Waals surface area contributed by atoms with Gasteiger partial charge in [-0.3, -0.25) is 4.79 Å². The highest BCUT2D eigenvalue weighted by Gasteiger charge is 2.12. The van der Waals surface area contributed by atoms with Crippen LogP contribution in [-0.4, -0.2) is 11.0 Å². The number of carbonyl (C=O) groups excluding carboxylic acids is 1. The van der Waals surface area contributed by atoms with Gasteiger partial charge in [-0.1, -0.05) is 38.6 Å². The molecule has 0 aromatic heterocycles. The van der Waals surface area contributed by atoms with Gasteiger partial charge >= 0.3 is 0 Å². The predicted molar refractivity (Wildman–Crippen MR) is 71.8 cm³/mol. The number of rotatable bonds is 3. The van der Waals surface area contributed by atoms with Gasteiger partial charge in [-0.2, -0.15) is 0 Å². The molecule has 0 saturated heterocycles. The van der Waals surface area contributed by atoms with E-state index in [4.69, 9.17) is 5.73 Å². The molecule has 92 valence electrons. The molecule has 0 aliphatic carbocycles. The molecule has 0 unspecified atom stereocenters. The third kappa shape index (κ3) is 3.79. The lowest BCUT2D eigenvalue weighted by molar-refractivity contribution is 0.0999. The molecule has 3 nitrogen and oxygen atoms in total. The maximum Gasteiger partial charge on any atom is 0.249 e. The first-order chi connectivity index (χ1) is 8.07. The fourth-order valence-corrected chi connectivity index (χ4v) is 1.41. The van der Waals surface area contributed by atoms with Gasteiger partial charge in [0.15, 0.2) is 0 Å². The number of amides is 1. The fourth-order valence-electron chi connectivity index (χ4n) is 1.41. The van der Waals surface area contributed by atoms with Crippen molar-refractivity contribution in [1.82, 2.24) is 0 Å². The van der Waals surface area contributed by atoms with Gasteiger partial charge in [-0.25, -0.2) is 0 Å². The highest BCUT2D eigenvalue weighted by Crippen LogP contribution is 2.21. The van der Waals surface area contributed by atoms with Crippen LogP contribution < -0.4 is 5.73 Å². The number of hydrogen-bond acceptors (Lipinski definition) is 2. The van der Waals surface area contributed by atoms with Crippen LogP contribution in [0.5, 0.6) is 0 Å². The first kappa shape index (κ1) is 15.0. The van der Waals surface area contributed by atoms with E-state index in [-0.39, 0.29) is 5.76 Å². The quantitative estimate of drug-likeness (QED) is 0.622. The van der Waals surface area contributed by atoms with Crippen molar-refractivity contribution in [3.05, 3.63) is 53.6 Å². The van der Waals surface area contributed by atoms with Crippen molar-refractivity contribution in [3.63, 3.8) is 0 Å². The highest BCUT2D eigenvalue weighted by atomic mass is 16.3. The van der Waals surface area contributed by atoms with Crippen LogP contribution in [-0.2, 0) is 0 Å². The number of aliphatic hydroxyl groups is 1. The first-order valence-corrected chi connectivity index (χ1v) is 5.49. The van der Waals surface area contributed by atoms with Crippen LogP contribution in [0.25, 0.3) is 5.76 Å². The van der Waals surface area contributed by atoms with Crippen molar-refractivity contribution in [3.8, 4) is 0 Å². The molecule has 0 aliphatic rings. The molecule has 0 saturated carbocycles. The molecule has 0 aliphatic heterocycles. The molecule has 0 bridgehead atoms. The van der Waals surface area contributed by atoms with Crippen LogP contribution in [0.1, 0.15) is 35.3 Å². The number of aryl methyl sites for hydroxylation is 1. The number of nitrogens with two attached hydrogens (primary N) is 1. The predicted octanol–water partition coefficient (Wildman–Crippen LogP) is 3.21. The summed E-state index contributed by atoms with van der Waals surface area (Å²) in [5.74, 6) is -0.561. The Morgan fingerprint density at radius 1 is 1.41 bits per heavy atom. The largest absolute Gasteiger partial charge is 0.507 e. The summed E-state index contributed by atoms with van der Waals surface area (Å²) in [6.45, 7) is 9.28. The van der Waals surface area contributed by atoms with Crippen LogP contribution in [0.4, 0.5) is 0 Å². The first-order valence-electron chi connectivity index (χ1n) is 5.49. The van der Waals surface area contributed by atoms with E-state index in [1.54, 1.807) is 25.1 Å². The van der Waals surface area contributed by atoms with Crippen LogP contribution in [0, 0.1) is 6.92 Å². The molecular formula is C14H19NO2. The molecule has 0 heterocycles. The summed E-state index contributed by atoms with van der Waals surface area (Å²) in [5.41, 5.74) is 6.78. The minimum atomic E-state index is -0.558. The maximum atomic E-state index is 11.1. The number of aliphatic hydroxyl groups excluding tert-OH is 1. The van der Waals surface area contributed by atoms with E-state index < -0.39 is 5.91 Å². The van der Waals surface area contributed by atoms with Crippen LogP contribution >= 0.6 is 0 Å². The average molecular weight is 233 g/mol. The van der Waals surface area contributed by atoms with Crippen molar-refractivity contribution in [2.45, 2.75) is 20.8 Å². The Bertz CT molecular complexity index is 434.